The van der Waals surface area contributed by atoms with Gasteiger partial charge in [-0.05, 0) is 25.8 Å². The predicted molar refractivity (Wildman–Crippen MR) is 70.5 cm³/mol. The van der Waals surface area contributed by atoms with E-state index in [-0.39, 0.29) is 0 Å². The standard InChI is InChI=1S/C12H24N2OS/c1-9(8-13)4-5-12(15)14-6-7-16-11(3)10(14)2/h9-11H,4-8,13H2,1-3H3. The van der Waals surface area contributed by atoms with Crippen LogP contribution in [-0.2, 0) is 4.79 Å². The van der Waals surface area contributed by atoms with Crippen molar-refractivity contribution in [3.63, 3.8) is 0 Å². The van der Waals surface area contributed by atoms with Gasteiger partial charge in [-0.25, -0.2) is 0 Å². The van der Waals surface area contributed by atoms with Crippen LogP contribution in [0.5, 0.6) is 0 Å². The molecule has 3 atom stereocenters. The molecule has 94 valence electrons. The topological polar surface area (TPSA) is 46.3 Å². The highest BCUT2D eigenvalue weighted by Gasteiger charge is 2.28. The molecule has 0 radical (unpaired) electrons. The Kier molecular flexibility index (Phi) is 5.62. The molecule has 0 aromatic heterocycles. The maximum absolute atomic E-state index is 12.1. The van der Waals surface area contributed by atoms with E-state index in [2.05, 4.69) is 20.8 Å². The monoisotopic (exact) mass is 244 g/mol. The Hall–Kier alpha value is -0.220. The van der Waals surface area contributed by atoms with Crippen molar-refractivity contribution >= 4 is 17.7 Å². The molecule has 1 amide bonds. The molecule has 0 aromatic carbocycles. The first kappa shape index (κ1) is 13.8. The van der Waals surface area contributed by atoms with Gasteiger partial charge in [0.15, 0.2) is 0 Å². The molecule has 0 aromatic rings. The summed E-state index contributed by atoms with van der Waals surface area (Å²) >= 11 is 1.96. The fraction of sp³-hybridized carbons (Fsp3) is 0.917. The second-order valence-electron chi connectivity index (χ2n) is 4.78. The van der Waals surface area contributed by atoms with Crippen LogP contribution in [-0.4, -0.2) is 40.9 Å². The SMILES string of the molecule is CC(CN)CCC(=O)N1CCSC(C)C1C. The Morgan fingerprint density at radius 3 is 2.88 bits per heavy atom. The van der Waals surface area contributed by atoms with Crippen molar-refractivity contribution in [2.75, 3.05) is 18.8 Å². The van der Waals surface area contributed by atoms with Crippen molar-refractivity contribution in [2.24, 2.45) is 11.7 Å². The Morgan fingerprint density at radius 1 is 1.56 bits per heavy atom. The Labute approximate surface area is 103 Å². The second kappa shape index (κ2) is 6.50. The molecule has 0 saturated carbocycles. The maximum Gasteiger partial charge on any atom is 0.222 e. The van der Waals surface area contributed by atoms with Crippen LogP contribution in [0.1, 0.15) is 33.6 Å². The van der Waals surface area contributed by atoms with Crippen LogP contribution in [0.15, 0.2) is 0 Å². The molecule has 1 fully saturated rings. The molecule has 1 aliphatic heterocycles. The number of amides is 1. The first-order valence-corrected chi connectivity index (χ1v) is 7.22. The van der Waals surface area contributed by atoms with Gasteiger partial charge < -0.3 is 10.6 Å². The molecule has 1 heterocycles. The van der Waals surface area contributed by atoms with E-state index in [1.54, 1.807) is 0 Å². The van der Waals surface area contributed by atoms with E-state index in [0.29, 0.717) is 36.1 Å². The summed E-state index contributed by atoms with van der Waals surface area (Å²) in [5.74, 6) is 1.83. The molecule has 0 bridgehead atoms. The number of carbonyl (C=O) groups is 1. The third-order valence-electron chi connectivity index (χ3n) is 3.46. The number of thioether (sulfide) groups is 1. The van der Waals surface area contributed by atoms with E-state index < -0.39 is 0 Å². The zero-order valence-electron chi connectivity index (χ0n) is 10.6. The van der Waals surface area contributed by atoms with Gasteiger partial charge in [-0.15, -0.1) is 0 Å². The number of hydrogen-bond acceptors (Lipinski definition) is 3. The Balaban J connectivity index is 2.40. The molecule has 3 nitrogen and oxygen atoms in total. The molecule has 3 unspecified atom stereocenters. The lowest BCUT2D eigenvalue weighted by atomic mass is 10.0. The fourth-order valence-corrected chi connectivity index (χ4v) is 3.02. The van der Waals surface area contributed by atoms with E-state index in [9.17, 15) is 4.79 Å². The fourth-order valence-electron chi connectivity index (χ4n) is 1.92. The number of rotatable bonds is 4. The largest absolute Gasteiger partial charge is 0.338 e. The molecule has 1 aliphatic rings. The summed E-state index contributed by atoms with van der Waals surface area (Å²) in [7, 11) is 0. The molecule has 4 heteroatoms. The zero-order valence-corrected chi connectivity index (χ0v) is 11.4. The van der Waals surface area contributed by atoms with Crippen LogP contribution >= 0.6 is 11.8 Å². The van der Waals surface area contributed by atoms with E-state index in [0.717, 1.165) is 18.7 Å². The molecular formula is C12H24N2OS. The molecule has 0 spiro atoms. The summed E-state index contributed by atoms with van der Waals surface area (Å²) in [6, 6.07) is 0.374. The third kappa shape index (κ3) is 3.67. The number of nitrogens with zero attached hydrogens (tertiary/aromatic N) is 1. The van der Waals surface area contributed by atoms with Crippen LogP contribution in [0.3, 0.4) is 0 Å². The van der Waals surface area contributed by atoms with Gasteiger partial charge in [-0.1, -0.05) is 13.8 Å². The van der Waals surface area contributed by atoms with Gasteiger partial charge >= 0.3 is 0 Å². The molecule has 16 heavy (non-hydrogen) atoms. The van der Waals surface area contributed by atoms with Crippen LogP contribution in [0.4, 0.5) is 0 Å². The summed E-state index contributed by atoms with van der Waals surface area (Å²) < 4.78 is 0. The summed E-state index contributed by atoms with van der Waals surface area (Å²) in [5, 5.41) is 0.560. The first-order valence-electron chi connectivity index (χ1n) is 6.17. The zero-order chi connectivity index (χ0) is 12.1. The molecule has 1 saturated heterocycles. The lowest BCUT2D eigenvalue weighted by Gasteiger charge is -2.37. The quantitative estimate of drug-likeness (QED) is 0.819. The van der Waals surface area contributed by atoms with Crippen molar-refractivity contribution in [1.82, 2.24) is 4.90 Å². The van der Waals surface area contributed by atoms with Gasteiger partial charge in [0.05, 0.1) is 0 Å². The first-order chi connectivity index (χ1) is 7.56. The van der Waals surface area contributed by atoms with Crippen LogP contribution in [0, 0.1) is 5.92 Å². The summed E-state index contributed by atoms with van der Waals surface area (Å²) in [6.07, 6.45) is 1.57. The highest BCUT2D eigenvalue weighted by Crippen LogP contribution is 2.25. The number of nitrogens with two attached hydrogens (primary N) is 1. The van der Waals surface area contributed by atoms with Gasteiger partial charge in [0, 0.05) is 30.0 Å². The van der Waals surface area contributed by atoms with Crippen LogP contribution in [0.2, 0.25) is 0 Å². The van der Waals surface area contributed by atoms with Crippen molar-refractivity contribution in [2.45, 2.75) is 44.9 Å². The summed E-state index contributed by atoms with van der Waals surface area (Å²) in [5.41, 5.74) is 5.56. The minimum atomic E-state index is 0.306. The van der Waals surface area contributed by atoms with Gasteiger partial charge in [-0.2, -0.15) is 11.8 Å². The molecule has 1 rings (SSSR count). The third-order valence-corrected chi connectivity index (χ3v) is 4.80. The van der Waals surface area contributed by atoms with E-state index >= 15 is 0 Å². The minimum absolute atomic E-state index is 0.306. The van der Waals surface area contributed by atoms with Crippen molar-refractivity contribution in [1.29, 1.82) is 0 Å². The molecular weight excluding hydrogens is 220 g/mol. The lowest BCUT2D eigenvalue weighted by Crippen LogP contribution is -2.48. The van der Waals surface area contributed by atoms with Crippen LogP contribution < -0.4 is 5.73 Å². The Morgan fingerprint density at radius 2 is 2.25 bits per heavy atom. The highest BCUT2D eigenvalue weighted by atomic mass is 32.2. The smallest absolute Gasteiger partial charge is 0.222 e. The molecule has 0 aliphatic carbocycles. The van der Waals surface area contributed by atoms with Gasteiger partial charge in [-0.3, -0.25) is 4.79 Å². The second-order valence-corrected chi connectivity index (χ2v) is 6.27. The minimum Gasteiger partial charge on any atom is -0.338 e. The van der Waals surface area contributed by atoms with Crippen LogP contribution in [0.25, 0.3) is 0 Å². The van der Waals surface area contributed by atoms with Gasteiger partial charge in [0.2, 0.25) is 5.91 Å². The van der Waals surface area contributed by atoms with Crippen molar-refractivity contribution in [3.8, 4) is 0 Å². The van der Waals surface area contributed by atoms with E-state index in [4.69, 9.17) is 5.73 Å². The van der Waals surface area contributed by atoms with Gasteiger partial charge in [0.25, 0.3) is 0 Å². The maximum atomic E-state index is 12.1. The van der Waals surface area contributed by atoms with Crippen molar-refractivity contribution in [3.05, 3.63) is 0 Å². The number of hydrogen-bond donors (Lipinski definition) is 1. The average molecular weight is 244 g/mol. The lowest BCUT2D eigenvalue weighted by molar-refractivity contribution is -0.133. The summed E-state index contributed by atoms with van der Waals surface area (Å²) in [6.45, 7) is 8.05. The Bertz CT molecular complexity index is 235. The van der Waals surface area contributed by atoms with Gasteiger partial charge in [0.1, 0.15) is 0 Å². The number of carbonyl (C=O) groups excluding carboxylic acids is 1. The average Bonchev–Trinajstić information content (AvgIpc) is 2.29. The van der Waals surface area contributed by atoms with Crippen molar-refractivity contribution < 1.29 is 4.79 Å². The van der Waals surface area contributed by atoms with E-state index in [1.807, 2.05) is 16.7 Å². The predicted octanol–water partition coefficient (Wildman–Crippen LogP) is 1.71. The summed E-state index contributed by atoms with van der Waals surface area (Å²) in [4.78, 5) is 14.1. The normalized spacial score (nSPS) is 27.9. The highest BCUT2D eigenvalue weighted by molar-refractivity contribution is 8.00. The molecule has 2 N–H and O–H groups in total. The van der Waals surface area contributed by atoms with E-state index in [1.165, 1.54) is 0 Å².